The molecule has 6 heteroatoms. The molecule has 1 aromatic heterocycles. The van der Waals surface area contributed by atoms with Crippen molar-refractivity contribution < 1.29 is 9.47 Å². The van der Waals surface area contributed by atoms with Gasteiger partial charge < -0.3 is 15.2 Å². The fourth-order valence-corrected chi connectivity index (χ4v) is 3.24. The van der Waals surface area contributed by atoms with E-state index in [0.717, 1.165) is 46.3 Å². The van der Waals surface area contributed by atoms with E-state index in [1.165, 1.54) is 0 Å². The predicted octanol–water partition coefficient (Wildman–Crippen LogP) is 2.71. The molecule has 0 fully saturated rings. The normalized spacial score (nSPS) is 15.4. The van der Waals surface area contributed by atoms with Crippen LogP contribution in [0.2, 0.25) is 0 Å². The molecular weight excluding hydrogens is 322 g/mol. The molecule has 2 aromatic rings. The second kappa shape index (κ2) is 4.34. The third-order valence-corrected chi connectivity index (χ3v) is 4.24. The fraction of sp³-hybridized carbons (Fsp3) is 0.286. The van der Waals surface area contributed by atoms with Crippen LogP contribution in [-0.4, -0.2) is 16.8 Å². The summed E-state index contributed by atoms with van der Waals surface area (Å²) in [5.74, 6) is 2.67. The number of anilines is 1. The first-order valence-electron chi connectivity index (χ1n) is 6.47. The quantitative estimate of drug-likeness (QED) is 0.868. The summed E-state index contributed by atoms with van der Waals surface area (Å²) in [5, 5.41) is 0. The summed E-state index contributed by atoms with van der Waals surface area (Å²) in [6, 6.07) is 3.83. The average molecular weight is 334 g/mol. The number of nitrogen functional groups attached to an aromatic ring is 1. The summed E-state index contributed by atoms with van der Waals surface area (Å²) in [4.78, 5) is 9.07. The van der Waals surface area contributed by atoms with E-state index in [0.29, 0.717) is 17.4 Å². The van der Waals surface area contributed by atoms with Gasteiger partial charge in [0, 0.05) is 16.8 Å². The standard InChI is InChI=1S/C14H12BrN3O2/c15-9-4-7(5-11-12(9)20-6-19-11)14-17-10-3-1-2-8(10)13(16)18-14/h4-5H,1-3,6H2,(H2,16,17,18). The smallest absolute Gasteiger partial charge is 0.231 e. The van der Waals surface area contributed by atoms with Crippen LogP contribution in [-0.2, 0) is 12.8 Å². The van der Waals surface area contributed by atoms with Crippen LogP contribution < -0.4 is 15.2 Å². The van der Waals surface area contributed by atoms with Gasteiger partial charge in [-0.25, -0.2) is 9.97 Å². The van der Waals surface area contributed by atoms with Gasteiger partial charge in [0.25, 0.3) is 0 Å². The van der Waals surface area contributed by atoms with Crippen molar-refractivity contribution in [3.05, 3.63) is 27.9 Å². The van der Waals surface area contributed by atoms with Crippen molar-refractivity contribution in [2.75, 3.05) is 12.5 Å². The lowest BCUT2D eigenvalue weighted by Gasteiger charge is -2.08. The molecule has 0 amide bonds. The van der Waals surface area contributed by atoms with Crippen LogP contribution in [0.4, 0.5) is 5.82 Å². The summed E-state index contributed by atoms with van der Waals surface area (Å²) >= 11 is 3.48. The molecule has 20 heavy (non-hydrogen) atoms. The van der Waals surface area contributed by atoms with Gasteiger partial charge in [-0.15, -0.1) is 0 Å². The van der Waals surface area contributed by atoms with Gasteiger partial charge in [-0.1, -0.05) is 0 Å². The fourth-order valence-electron chi connectivity index (χ4n) is 2.69. The van der Waals surface area contributed by atoms with E-state index in [-0.39, 0.29) is 6.79 Å². The van der Waals surface area contributed by atoms with E-state index in [2.05, 4.69) is 25.9 Å². The number of ether oxygens (including phenoxy) is 2. The third-order valence-electron chi connectivity index (χ3n) is 3.65. The second-order valence-electron chi connectivity index (χ2n) is 4.90. The Balaban J connectivity index is 1.86. The van der Waals surface area contributed by atoms with Gasteiger partial charge in [-0.2, -0.15) is 0 Å². The maximum Gasteiger partial charge on any atom is 0.231 e. The Morgan fingerprint density at radius 3 is 2.95 bits per heavy atom. The number of nitrogens with two attached hydrogens (primary N) is 1. The molecule has 0 radical (unpaired) electrons. The molecule has 0 atom stereocenters. The summed E-state index contributed by atoms with van der Waals surface area (Å²) < 4.78 is 11.6. The molecule has 0 saturated carbocycles. The van der Waals surface area contributed by atoms with Gasteiger partial charge in [0.2, 0.25) is 6.79 Å². The summed E-state index contributed by atoms with van der Waals surface area (Å²) in [7, 11) is 0. The van der Waals surface area contributed by atoms with Crippen LogP contribution in [0.25, 0.3) is 11.4 Å². The lowest BCUT2D eigenvalue weighted by Crippen LogP contribution is -2.02. The second-order valence-corrected chi connectivity index (χ2v) is 5.76. The van der Waals surface area contributed by atoms with Gasteiger partial charge in [0.15, 0.2) is 17.3 Å². The van der Waals surface area contributed by atoms with Gasteiger partial charge in [-0.05, 0) is 47.3 Å². The molecule has 1 aromatic carbocycles. The number of nitrogens with zero attached hydrogens (tertiary/aromatic N) is 2. The number of hydrogen-bond acceptors (Lipinski definition) is 5. The molecule has 1 aliphatic heterocycles. The minimum atomic E-state index is 0.241. The number of aryl methyl sites for hydroxylation is 1. The highest BCUT2D eigenvalue weighted by Crippen LogP contribution is 2.42. The Bertz CT molecular complexity index is 657. The number of rotatable bonds is 1. The highest BCUT2D eigenvalue weighted by molar-refractivity contribution is 9.10. The summed E-state index contributed by atoms with van der Waals surface area (Å²) in [6.07, 6.45) is 3.05. The lowest BCUT2D eigenvalue weighted by molar-refractivity contribution is 0.173. The maximum absolute atomic E-state index is 6.04. The highest BCUT2D eigenvalue weighted by atomic mass is 79.9. The van der Waals surface area contributed by atoms with Crippen molar-refractivity contribution in [2.45, 2.75) is 19.3 Å². The molecule has 2 N–H and O–H groups in total. The lowest BCUT2D eigenvalue weighted by atomic mass is 10.1. The summed E-state index contributed by atoms with van der Waals surface area (Å²) in [5.41, 5.74) is 9.10. The molecule has 4 rings (SSSR count). The Morgan fingerprint density at radius 1 is 1.15 bits per heavy atom. The molecule has 1 aliphatic carbocycles. The maximum atomic E-state index is 6.04. The monoisotopic (exact) mass is 333 g/mol. The van der Waals surface area contributed by atoms with E-state index < -0.39 is 0 Å². The van der Waals surface area contributed by atoms with Crippen molar-refractivity contribution in [3.8, 4) is 22.9 Å². The van der Waals surface area contributed by atoms with Crippen LogP contribution in [0.3, 0.4) is 0 Å². The van der Waals surface area contributed by atoms with E-state index >= 15 is 0 Å². The largest absolute Gasteiger partial charge is 0.454 e. The van der Waals surface area contributed by atoms with Crippen molar-refractivity contribution in [1.82, 2.24) is 9.97 Å². The molecule has 0 bridgehead atoms. The van der Waals surface area contributed by atoms with E-state index in [1.54, 1.807) is 0 Å². The molecule has 0 saturated heterocycles. The SMILES string of the molecule is Nc1nc(-c2cc(Br)c3c(c2)OCO3)nc2c1CCC2. The molecule has 102 valence electrons. The van der Waals surface area contributed by atoms with Crippen molar-refractivity contribution in [2.24, 2.45) is 0 Å². The topological polar surface area (TPSA) is 70.3 Å². The molecule has 2 heterocycles. The average Bonchev–Trinajstić information content (AvgIpc) is 3.06. The van der Waals surface area contributed by atoms with Crippen LogP contribution in [0, 0.1) is 0 Å². The first-order valence-corrected chi connectivity index (χ1v) is 7.26. The minimum absolute atomic E-state index is 0.241. The van der Waals surface area contributed by atoms with E-state index in [1.807, 2.05) is 12.1 Å². The number of halogens is 1. The first-order chi connectivity index (χ1) is 9.72. The predicted molar refractivity (Wildman–Crippen MR) is 77.7 cm³/mol. The van der Waals surface area contributed by atoms with Crippen LogP contribution >= 0.6 is 15.9 Å². The van der Waals surface area contributed by atoms with Crippen molar-refractivity contribution in [1.29, 1.82) is 0 Å². The van der Waals surface area contributed by atoms with Gasteiger partial charge in [0.05, 0.1) is 4.47 Å². The number of aromatic nitrogens is 2. The molecule has 0 spiro atoms. The van der Waals surface area contributed by atoms with Crippen molar-refractivity contribution >= 4 is 21.7 Å². The van der Waals surface area contributed by atoms with Gasteiger partial charge >= 0.3 is 0 Å². The van der Waals surface area contributed by atoms with E-state index in [9.17, 15) is 0 Å². The molecule has 0 unspecified atom stereocenters. The first kappa shape index (κ1) is 12.0. The minimum Gasteiger partial charge on any atom is -0.454 e. The zero-order valence-corrected chi connectivity index (χ0v) is 12.2. The number of benzene rings is 1. The highest BCUT2D eigenvalue weighted by Gasteiger charge is 2.22. The van der Waals surface area contributed by atoms with Crippen LogP contribution in [0.5, 0.6) is 11.5 Å². The Labute approximate surface area is 124 Å². The Hall–Kier alpha value is -1.82. The number of hydrogen-bond donors (Lipinski definition) is 1. The molecule has 2 aliphatic rings. The number of fused-ring (bicyclic) bond motifs is 2. The van der Waals surface area contributed by atoms with Crippen LogP contribution in [0.15, 0.2) is 16.6 Å². The third kappa shape index (κ3) is 1.75. The van der Waals surface area contributed by atoms with Crippen molar-refractivity contribution in [3.63, 3.8) is 0 Å². The van der Waals surface area contributed by atoms with E-state index in [4.69, 9.17) is 15.2 Å². The summed E-state index contributed by atoms with van der Waals surface area (Å²) in [6.45, 7) is 0.241. The van der Waals surface area contributed by atoms with Gasteiger partial charge in [0.1, 0.15) is 5.82 Å². The van der Waals surface area contributed by atoms with Gasteiger partial charge in [-0.3, -0.25) is 0 Å². The zero-order valence-electron chi connectivity index (χ0n) is 10.6. The molecular formula is C14H12BrN3O2. The molecule has 5 nitrogen and oxygen atoms in total. The van der Waals surface area contributed by atoms with Crippen LogP contribution in [0.1, 0.15) is 17.7 Å². The zero-order chi connectivity index (χ0) is 13.7. The Morgan fingerprint density at radius 2 is 2.05 bits per heavy atom. The Kier molecular flexibility index (Phi) is 2.60.